The summed E-state index contributed by atoms with van der Waals surface area (Å²) in [6.45, 7) is 2.03. The Labute approximate surface area is 122 Å². The van der Waals surface area contributed by atoms with Gasteiger partial charge in [0.1, 0.15) is 5.75 Å². The van der Waals surface area contributed by atoms with E-state index >= 15 is 0 Å². The quantitative estimate of drug-likeness (QED) is 0.773. The first-order valence-electron chi connectivity index (χ1n) is 6.60. The zero-order valence-corrected chi connectivity index (χ0v) is 11.9. The van der Waals surface area contributed by atoms with E-state index < -0.39 is 0 Å². The zero-order valence-electron chi connectivity index (χ0n) is 11.9. The fourth-order valence-corrected chi connectivity index (χ4v) is 2.37. The van der Waals surface area contributed by atoms with Crippen LogP contribution >= 0.6 is 0 Å². The van der Waals surface area contributed by atoms with Crippen molar-refractivity contribution < 1.29 is 4.74 Å². The van der Waals surface area contributed by atoms with Crippen LogP contribution in [-0.4, -0.2) is 22.3 Å². The monoisotopic (exact) mass is 280 g/mol. The van der Waals surface area contributed by atoms with E-state index in [1.807, 2.05) is 37.3 Å². The second-order valence-corrected chi connectivity index (χ2v) is 4.80. The maximum absolute atomic E-state index is 6.03. The molecule has 0 fully saturated rings. The van der Waals surface area contributed by atoms with Gasteiger partial charge in [0.2, 0.25) is 0 Å². The maximum Gasteiger partial charge on any atom is 0.153 e. The Bertz CT molecular complexity index is 765. The topological polar surface area (TPSA) is 76.8 Å². The van der Waals surface area contributed by atoms with Gasteiger partial charge in [0.15, 0.2) is 5.82 Å². The Kier molecular flexibility index (Phi) is 3.31. The van der Waals surface area contributed by atoms with Gasteiger partial charge in [-0.3, -0.25) is 10.1 Å². The summed E-state index contributed by atoms with van der Waals surface area (Å²) in [4.78, 5) is 4.15. The Hall–Kier alpha value is -2.82. The number of methoxy groups -OCH3 is 1. The molecule has 0 aliphatic heterocycles. The molecule has 2 heterocycles. The molecule has 0 atom stereocenters. The average molecular weight is 280 g/mol. The molecule has 5 heteroatoms. The third-order valence-electron chi connectivity index (χ3n) is 3.37. The van der Waals surface area contributed by atoms with Gasteiger partial charge in [0, 0.05) is 23.5 Å². The van der Waals surface area contributed by atoms with Crippen molar-refractivity contribution in [2.75, 3.05) is 12.8 Å². The van der Waals surface area contributed by atoms with Gasteiger partial charge in [0.25, 0.3) is 0 Å². The number of aromatic nitrogens is 3. The van der Waals surface area contributed by atoms with Gasteiger partial charge in [-0.2, -0.15) is 5.10 Å². The molecule has 0 unspecified atom stereocenters. The third kappa shape index (κ3) is 2.33. The molecule has 21 heavy (non-hydrogen) atoms. The van der Waals surface area contributed by atoms with Gasteiger partial charge in [-0.15, -0.1) is 0 Å². The first kappa shape index (κ1) is 13.2. The molecule has 0 spiro atoms. The summed E-state index contributed by atoms with van der Waals surface area (Å²) in [5.41, 5.74) is 10.7. The van der Waals surface area contributed by atoms with Crippen LogP contribution in [0.15, 0.2) is 42.7 Å². The van der Waals surface area contributed by atoms with Gasteiger partial charge in [-0.1, -0.05) is 17.7 Å². The number of ether oxygens (including phenoxy) is 1. The lowest BCUT2D eigenvalue weighted by Crippen LogP contribution is -1.92. The van der Waals surface area contributed by atoms with Gasteiger partial charge < -0.3 is 10.5 Å². The number of nitrogens with one attached hydrogen (secondary N) is 1. The van der Waals surface area contributed by atoms with Crippen LogP contribution in [0.5, 0.6) is 5.75 Å². The number of rotatable bonds is 3. The van der Waals surface area contributed by atoms with Crippen molar-refractivity contribution in [1.29, 1.82) is 0 Å². The highest BCUT2D eigenvalue weighted by Gasteiger charge is 2.18. The normalized spacial score (nSPS) is 10.6. The number of pyridine rings is 1. The second-order valence-electron chi connectivity index (χ2n) is 4.80. The van der Waals surface area contributed by atoms with E-state index in [1.54, 1.807) is 19.5 Å². The molecule has 3 N–H and O–H groups in total. The van der Waals surface area contributed by atoms with E-state index in [9.17, 15) is 0 Å². The Morgan fingerprint density at radius 1 is 1.24 bits per heavy atom. The van der Waals surface area contributed by atoms with Gasteiger partial charge >= 0.3 is 0 Å². The summed E-state index contributed by atoms with van der Waals surface area (Å²) >= 11 is 0. The lowest BCUT2D eigenvalue weighted by molar-refractivity contribution is 0.416. The van der Waals surface area contributed by atoms with Crippen molar-refractivity contribution in [3.8, 4) is 28.1 Å². The Morgan fingerprint density at radius 2 is 2.10 bits per heavy atom. The lowest BCUT2D eigenvalue weighted by Gasteiger charge is -2.10. The predicted molar refractivity (Wildman–Crippen MR) is 83.0 cm³/mol. The van der Waals surface area contributed by atoms with Crippen LogP contribution < -0.4 is 10.5 Å². The highest BCUT2D eigenvalue weighted by molar-refractivity contribution is 5.89. The van der Waals surface area contributed by atoms with Gasteiger partial charge in [-0.25, -0.2) is 0 Å². The number of hydrogen-bond acceptors (Lipinski definition) is 4. The first-order valence-corrected chi connectivity index (χ1v) is 6.60. The number of hydrogen-bond donors (Lipinski definition) is 2. The number of benzene rings is 1. The number of nitrogen functional groups attached to an aromatic ring is 1. The minimum atomic E-state index is 0.446. The molecule has 3 aromatic rings. The highest BCUT2D eigenvalue weighted by atomic mass is 16.5. The van der Waals surface area contributed by atoms with Crippen molar-refractivity contribution in [2.45, 2.75) is 6.92 Å². The molecule has 0 aliphatic carbocycles. The first-order chi connectivity index (χ1) is 10.2. The number of nitrogens with two attached hydrogens (primary N) is 1. The molecule has 0 radical (unpaired) electrons. The number of aromatic amines is 1. The largest absolute Gasteiger partial charge is 0.496 e. The van der Waals surface area contributed by atoms with E-state index in [-0.39, 0.29) is 0 Å². The van der Waals surface area contributed by atoms with Crippen molar-refractivity contribution in [3.05, 3.63) is 48.3 Å². The van der Waals surface area contributed by atoms with E-state index in [2.05, 4.69) is 15.2 Å². The number of aryl methyl sites for hydroxylation is 1. The summed E-state index contributed by atoms with van der Waals surface area (Å²) in [5.74, 6) is 1.22. The number of anilines is 1. The fourth-order valence-electron chi connectivity index (χ4n) is 2.37. The van der Waals surface area contributed by atoms with Gasteiger partial charge in [-0.05, 0) is 25.1 Å². The molecule has 0 bridgehead atoms. The molecule has 106 valence electrons. The van der Waals surface area contributed by atoms with Gasteiger partial charge in [0.05, 0.1) is 18.4 Å². The number of H-pyrrole nitrogens is 1. The summed E-state index contributed by atoms with van der Waals surface area (Å²) in [6.07, 6.45) is 3.50. The molecule has 2 aromatic heterocycles. The summed E-state index contributed by atoms with van der Waals surface area (Å²) in [5, 5.41) is 7.15. The highest BCUT2D eigenvalue weighted by Crippen LogP contribution is 2.38. The van der Waals surface area contributed by atoms with Crippen LogP contribution in [-0.2, 0) is 0 Å². The molecular weight excluding hydrogens is 264 g/mol. The lowest BCUT2D eigenvalue weighted by atomic mass is 10.00. The second kappa shape index (κ2) is 5.28. The maximum atomic E-state index is 6.03. The molecular formula is C16H16N4O. The SMILES string of the molecule is COc1ccc(C)cc1-c1[nH]nc(N)c1-c1cccnc1. The van der Waals surface area contributed by atoms with Crippen LogP contribution in [0.1, 0.15) is 5.56 Å². The molecule has 0 aliphatic rings. The minimum Gasteiger partial charge on any atom is -0.496 e. The van der Waals surface area contributed by atoms with E-state index in [0.29, 0.717) is 5.82 Å². The minimum absolute atomic E-state index is 0.446. The van der Waals surface area contributed by atoms with Crippen molar-refractivity contribution in [1.82, 2.24) is 15.2 Å². The van der Waals surface area contributed by atoms with Crippen molar-refractivity contribution in [3.63, 3.8) is 0 Å². The van der Waals surface area contributed by atoms with Crippen LogP contribution in [0, 0.1) is 6.92 Å². The van der Waals surface area contributed by atoms with Crippen LogP contribution in [0.25, 0.3) is 22.4 Å². The van der Waals surface area contributed by atoms with E-state index in [0.717, 1.165) is 33.7 Å². The summed E-state index contributed by atoms with van der Waals surface area (Å²) in [7, 11) is 1.65. The fraction of sp³-hybridized carbons (Fsp3) is 0.125. The average Bonchev–Trinajstić information content (AvgIpc) is 2.89. The Morgan fingerprint density at radius 3 is 2.81 bits per heavy atom. The molecule has 0 amide bonds. The predicted octanol–water partition coefficient (Wildman–Crippen LogP) is 3.04. The van der Waals surface area contributed by atoms with E-state index in [1.165, 1.54) is 0 Å². The van der Waals surface area contributed by atoms with Crippen LogP contribution in [0.2, 0.25) is 0 Å². The molecule has 0 saturated carbocycles. The summed E-state index contributed by atoms with van der Waals surface area (Å²) < 4.78 is 5.45. The zero-order chi connectivity index (χ0) is 14.8. The smallest absolute Gasteiger partial charge is 0.153 e. The van der Waals surface area contributed by atoms with Crippen LogP contribution in [0.4, 0.5) is 5.82 Å². The molecule has 0 saturated heterocycles. The molecule has 3 rings (SSSR count). The van der Waals surface area contributed by atoms with E-state index in [4.69, 9.17) is 10.5 Å². The van der Waals surface area contributed by atoms with Crippen LogP contribution in [0.3, 0.4) is 0 Å². The summed E-state index contributed by atoms with van der Waals surface area (Å²) in [6, 6.07) is 9.82. The molecule has 5 nitrogen and oxygen atoms in total. The van der Waals surface area contributed by atoms with Crippen molar-refractivity contribution in [2.24, 2.45) is 0 Å². The Balaban J connectivity index is 2.24. The van der Waals surface area contributed by atoms with Crippen molar-refractivity contribution >= 4 is 5.82 Å². The third-order valence-corrected chi connectivity index (χ3v) is 3.37. The number of nitrogens with zero attached hydrogens (tertiary/aromatic N) is 2. The molecule has 1 aromatic carbocycles. The standard InChI is InChI=1S/C16H16N4O/c1-10-5-6-13(21-2)12(8-10)15-14(16(17)20-19-15)11-4-3-7-18-9-11/h3-9H,1-2H3,(H3,17,19,20).